The van der Waals surface area contributed by atoms with Gasteiger partial charge in [0.2, 0.25) is 10.0 Å². The van der Waals surface area contributed by atoms with Crippen LogP contribution in [0.4, 0.5) is 5.69 Å². The zero-order valence-corrected chi connectivity index (χ0v) is 16.0. The highest BCUT2D eigenvalue weighted by atomic mass is 32.2. The Labute approximate surface area is 155 Å². The number of benzene rings is 2. The van der Waals surface area contributed by atoms with E-state index in [4.69, 9.17) is 10.9 Å². The molecule has 2 rings (SSSR count). The molecule has 0 saturated heterocycles. The summed E-state index contributed by atoms with van der Waals surface area (Å²) >= 11 is 0. The minimum atomic E-state index is -3.66. The predicted octanol–water partition coefficient (Wildman–Crippen LogP) is 2.43. The van der Waals surface area contributed by atoms with Gasteiger partial charge in [-0.3, -0.25) is 4.99 Å². The fraction of sp³-hybridized carbons (Fsp3) is 0.316. The highest BCUT2D eigenvalue weighted by Crippen LogP contribution is 2.22. The molecule has 0 aliphatic heterocycles. The molecule has 0 saturated carbocycles. The van der Waals surface area contributed by atoms with Crippen LogP contribution in [0.2, 0.25) is 0 Å². The smallest absolute Gasteiger partial charge is 0.238 e. The third-order valence-corrected chi connectivity index (χ3v) is 5.12. The summed E-state index contributed by atoms with van der Waals surface area (Å²) in [6.07, 6.45) is 2.49. The summed E-state index contributed by atoms with van der Waals surface area (Å²) in [5.41, 5.74) is 10.5. The van der Waals surface area contributed by atoms with Crippen LogP contribution in [0.15, 0.2) is 52.4 Å². The van der Waals surface area contributed by atoms with E-state index in [1.807, 2.05) is 0 Å². The Morgan fingerprint density at radius 1 is 1.04 bits per heavy atom. The maximum atomic E-state index is 11.3. The van der Waals surface area contributed by atoms with Gasteiger partial charge in [-0.1, -0.05) is 44.2 Å². The van der Waals surface area contributed by atoms with Crippen molar-refractivity contribution in [2.24, 2.45) is 15.9 Å². The van der Waals surface area contributed by atoms with E-state index in [0.717, 1.165) is 24.1 Å². The molecule has 2 aromatic rings. The number of anilines is 1. The SMILES string of the molecule is CCc1cccc(CC)c1NC(N)=NCCc1ccc(S(N)(=O)=O)cc1. The first kappa shape index (κ1) is 19.9. The molecule has 0 fully saturated rings. The Morgan fingerprint density at radius 3 is 2.12 bits per heavy atom. The van der Waals surface area contributed by atoms with E-state index in [9.17, 15) is 8.42 Å². The van der Waals surface area contributed by atoms with Crippen molar-refractivity contribution in [1.29, 1.82) is 0 Å². The van der Waals surface area contributed by atoms with Gasteiger partial charge >= 0.3 is 0 Å². The molecule has 0 aliphatic carbocycles. The molecule has 0 radical (unpaired) electrons. The van der Waals surface area contributed by atoms with Crippen molar-refractivity contribution in [1.82, 2.24) is 0 Å². The fourth-order valence-corrected chi connectivity index (χ4v) is 3.24. The molecule has 6 nitrogen and oxygen atoms in total. The number of aliphatic imine (C=N–C) groups is 1. The van der Waals surface area contributed by atoms with Gasteiger partial charge in [-0.15, -0.1) is 0 Å². The van der Waals surface area contributed by atoms with Crippen molar-refractivity contribution in [3.8, 4) is 0 Å². The molecular weight excluding hydrogens is 348 g/mol. The highest BCUT2D eigenvalue weighted by Gasteiger charge is 2.08. The molecule has 0 amide bonds. The van der Waals surface area contributed by atoms with Crippen LogP contribution in [-0.2, 0) is 29.3 Å². The van der Waals surface area contributed by atoms with Gasteiger partial charge in [0.15, 0.2) is 5.96 Å². The summed E-state index contributed by atoms with van der Waals surface area (Å²) < 4.78 is 22.5. The van der Waals surface area contributed by atoms with Crippen molar-refractivity contribution in [2.75, 3.05) is 11.9 Å². The zero-order valence-electron chi connectivity index (χ0n) is 15.2. The Hall–Kier alpha value is -2.38. The molecule has 26 heavy (non-hydrogen) atoms. The van der Waals surface area contributed by atoms with E-state index in [2.05, 4.69) is 42.4 Å². The zero-order chi connectivity index (χ0) is 19.2. The van der Waals surface area contributed by atoms with Gasteiger partial charge < -0.3 is 11.1 Å². The van der Waals surface area contributed by atoms with Gasteiger partial charge in [-0.05, 0) is 48.1 Å². The number of para-hydroxylation sites is 1. The highest BCUT2D eigenvalue weighted by molar-refractivity contribution is 7.89. The average molecular weight is 375 g/mol. The summed E-state index contributed by atoms with van der Waals surface area (Å²) in [4.78, 5) is 4.48. The summed E-state index contributed by atoms with van der Waals surface area (Å²) in [7, 11) is -3.66. The van der Waals surface area contributed by atoms with E-state index in [1.165, 1.54) is 23.3 Å². The first-order valence-corrected chi connectivity index (χ1v) is 10.2. The Balaban J connectivity index is 2.01. The van der Waals surface area contributed by atoms with Crippen LogP contribution in [-0.4, -0.2) is 20.9 Å². The quantitative estimate of drug-likeness (QED) is 0.510. The maximum Gasteiger partial charge on any atom is 0.238 e. The average Bonchev–Trinajstić information content (AvgIpc) is 2.61. The molecule has 5 N–H and O–H groups in total. The Kier molecular flexibility index (Phi) is 6.76. The van der Waals surface area contributed by atoms with Crippen molar-refractivity contribution >= 4 is 21.7 Å². The van der Waals surface area contributed by atoms with E-state index >= 15 is 0 Å². The van der Waals surface area contributed by atoms with Crippen molar-refractivity contribution in [2.45, 2.75) is 38.0 Å². The summed E-state index contributed by atoms with van der Waals surface area (Å²) in [6.45, 7) is 4.72. The number of nitrogens with one attached hydrogen (secondary N) is 1. The van der Waals surface area contributed by atoms with Crippen LogP contribution >= 0.6 is 0 Å². The number of nitrogens with two attached hydrogens (primary N) is 2. The van der Waals surface area contributed by atoms with Crippen LogP contribution in [0.5, 0.6) is 0 Å². The molecule has 0 aromatic heterocycles. The lowest BCUT2D eigenvalue weighted by Gasteiger charge is -2.14. The summed E-state index contributed by atoms with van der Waals surface area (Å²) in [5, 5.41) is 8.32. The van der Waals surface area contributed by atoms with Gasteiger partial charge in [-0.2, -0.15) is 0 Å². The summed E-state index contributed by atoms with van der Waals surface area (Å²) in [6, 6.07) is 12.7. The van der Waals surface area contributed by atoms with E-state index in [-0.39, 0.29) is 4.90 Å². The molecule has 0 unspecified atom stereocenters. The minimum absolute atomic E-state index is 0.106. The van der Waals surface area contributed by atoms with Gasteiger partial charge in [-0.25, -0.2) is 13.6 Å². The number of rotatable bonds is 7. The van der Waals surface area contributed by atoms with Gasteiger partial charge in [0.1, 0.15) is 0 Å². The maximum absolute atomic E-state index is 11.3. The standard InChI is InChI=1S/C19H26N4O2S/c1-3-15-6-5-7-16(4-2)18(15)23-19(20)22-13-12-14-8-10-17(11-9-14)26(21,24)25/h5-11H,3-4,12-13H2,1-2H3,(H3,20,22,23)(H2,21,24,25). The predicted molar refractivity (Wildman–Crippen MR) is 107 cm³/mol. The number of sulfonamides is 1. The molecule has 0 bridgehead atoms. The topological polar surface area (TPSA) is 111 Å². The molecule has 0 spiro atoms. The van der Waals surface area contributed by atoms with Gasteiger partial charge in [0.25, 0.3) is 0 Å². The van der Waals surface area contributed by atoms with Gasteiger partial charge in [0, 0.05) is 12.2 Å². The molecule has 0 heterocycles. The van der Waals surface area contributed by atoms with E-state index in [1.54, 1.807) is 12.1 Å². The number of nitrogens with zero attached hydrogens (tertiary/aromatic N) is 1. The van der Waals surface area contributed by atoms with E-state index < -0.39 is 10.0 Å². The molecule has 7 heteroatoms. The lowest BCUT2D eigenvalue weighted by molar-refractivity contribution is 0.598. The summed E-state index contributed by atoms with van der Waals surface area (Å²) in [5.74, 6) is 0.377. The van der Waals surface area contributed by atoms with Crippen molar-refractivity contribution in [3.63, 3.8) is 0 Å². The third-order valence-electron chi connectivity index (χ3n) is 4.19. The molecular formula is C19H26N4O2S. The second-order valence-electron chi connectivity index (χ2n) is 5.99. The Bertz CT molecular complexity index is 853. The van der Waals surface area contributed by atoms with Crippen LogP contribution in [0.3, 0.4) is 0 Å². The first-order chi connectivity index (χ1) is 12.3. The minimum Gasteiger partial charge on any atom is -0.370 e. The van der Waals surface area contributed by atoms with Crippen molar-refractivity contribution in [3.05, 3.63) is 59.2 Å². The van der Waals surface area contributed by atoms with Crippen molar-refractivity contribution < 1.29 is 8.42 Å². The number of primary sulfonamides is 1. The normalized spacial score (nSPS) is 12.2. The molecule has 140 valence electrons. The lowest BCUT2D eigenvalue weighted by Crippen LogP contribution is -2.24. The molecule has 2 aromatic carbocycles. The number of hydrogen-bond acceptors (Lipinski definition) is 3. The van der Waals surface area contributed by atoms with Crippen LogP contribution in [0.1, 0.15) is 30.5 Å². The number of guanidine groups is 1. The lowest BCUT2D eigenvalue weighted by atomic mass is 10.0. The first-order valence-electron chi connectivity index (χ1n) is 8.64. The largest absolute Gasteiger partial charge is 0.370 e. The second-order valence-corrected chi connectivity index (χ2v) is 7.55. The van der Waals surface area contributed by atoms with Crippen LogP contribution in [0.25, 0.3) is 0 Å². The third kappa shape index (κ3) is 5.31. The number of hydrogen-bond donors (Lipinski definition) is 3. The monoisotopic (exact) mass is 374 g/mol. The molecule has 0 atom stereocenters. The van der Waals surface area contributed by atoms with Crippen LogP contribution < -0.4 is 16.2 Å². The fourth-order valence-electron chi connectivity index (χ4n) is 2.72. The van der Waals surface area contributed by atoms with Gasteiger partial charge in [0.05, 0.1) is 4.90 Å². The second kappa shape index (κ2) is 8.82. The van der Waals surface area contributed by atoms with Crippen LogP contribution in [0, 0.1) is 0 Å². The van der Waals surface area contributed by atoms with E-state index in [0.29, 0.717) is 18.9 Å². The Morgan fingerprint density at radius 2 is 1.62 bits per heavy atom. The number of aryl methyl sites for hydroxylation is 2. The molecule has 0 aliphatic rings.